The van der Waals surface area contributed by atoms with E-state index in [1.165, 1.54) is 6.07 Å². The number of benzene rings is 1. The molecule has 5 heteroatoms. The molecule has 0 fully saturated rings. The van der Waals surface area contributed by atoms with Crippen molar-refractivity contribution >= 4 is 11.6 Å². The molecule has 2 unspecified atom stereocenters. The number of ether oxygens (including phenoxy) is 1. The zero-order valence-electron chi connectivity index (χ0n) is 10.7. The topological polar surface area (TPSA) is 47.3 Å². The van der Waals surface area contributed by atoms with Crippen LogP contribution in [0.15, 0.2) is 18.2 Å². The predicted molar refractivity (Wildman–Crippen MR) is 71.9 cm³/mol. The Morgan fingerprint density at radius 2 is 2.17 bits per heavy atom. The maximum absolute atomic E-state index is 13.3. The number of methoxy groups -OCH3 is 1. The van der Waals surface area contributed by atoms with Crippen LogP contribution in [-0.2, 0) is 11.2 Å². The van der Waals surface area contributed by atoms with Gasteiger partial charge in [0, 0.05) is 13.2 Å². The molecule has 1 aromatic carbocycles. The van der Waals surface area contributed by atoms with Gasteiger partial charge in [0.15, 0.2) is 0 Å². The normalized spacial score (nSPS) is 14.5. The molecule has 1 aromatic rings. The monoisotopic (exact) mass is 274 g/mol. The van der Waals surface area contributed by atoms with E-state index >= 15 is 0 Å². The van der Waals surface area contributed by atoms with Crippen LogP contribution in [0.4, 0.5) is 4.39 Å². The summed E-state index contributed by atoms with van der Waals surface area (Å²) in [6.07, 6.45) is 2.64. The van der Waals surface area contributed by atoms with E-state index in [4.69, 9.17) is 22.2 Å². The van der Waals surface area contributed by atoms with Gasteiger partial charge in [0.25, 0.3) is 0 Å². The molecule has 0 amide bonds. The van der Waals surface area contributed by atoms with Crippen molar-refractivity contribution in [1.29, 1.82) is 0 Å². The number of nitrogens with two attached hydrogens (primary N) is 1. The zero-order chi connectivity index (χ0) is 13.5. The zero-order valence-corrected chi connectivity index (χ0v) is 11.5. The van der Waals surface area contributed by atoms with Crippen LogP contribution in [0.3, 0.4) is 0 Å². The van der Waals surface area contributed by atoms with E-state index in [-0.39, 0.29) is 17.2 Å². The summed E-state index contributed by atoms with van der Waals surface area (Å²) in [6.45, 7) is 2.01. The fraction of sp³-hybridized carbons (Fsp3) is 0.538. The quantitative estimate of drug-likeness (QED) is 0.594. The van der Waals surface area contributed by atoms with Crippen molar-refractivity contribution in [3.05, 3.63) is 34.6 Å². The molecule has 18 heavy (non-hydrogen) atoms. The van der Waals surface area contributed by atoms with Crippen molar-refractivity contribution in [2.24, 2.45) is 5.84 Å². The van der Waals surface area contributed by atoms with Gasteiger partial charge in [0.1, 0.15) is 5.82 Å². The van der Waals surface area contributed by atoms with Crippen LogP contribution < -0.4 is 11.3 Å². The first-order valence-electron chi connectivity index (χ1n) is 5.99. The molecular formula is C13H20ClFN2O. The molecule has 0 radical (unpaired) electrons. The van der Waals surface area contributed by atoms with Crippen LogP contribution in [0.1, 0.15) is 25.3 Å². The highest BCUT2D eigenvalue weighted by Gasteiger charge is 2.11. The number of rotatable bonds is 7. The third-order valence-electron chi connectivity index (χ3n) is 3.03. The minimum absolute atomic E-state index is 0.100. The summed E-state index contributed by atoms with van der Waals surface area (Å²) in [4.78, 5) is 0. The number of hydrogen-bond acceptors (Lipinski definition) is 3. The third kappa shape index (κ3) is 4.90. The Morgan fingerprint density at radius 1 is 1.44 bits per heavy atom. The molecule has 0 spiro atoms. The average Bonchev–Trinajstić information content (AvgIpc) is 2.38. The number of hydrazine groups is 1. The summed E-state index contributed by atoms with van der Waals surface area (Å²) in [7, 11) is 1.68. The van der Waals surface area contributed by atoms with Gasteiger partial charge in [-0.3, -0.25) is 11.3 Å². The van der Waals surface area contributed by atoms with E-state index in [0.717, 1.165) is 18.4 Å². The standard InChI is InChI=1S/C13H20ClFN2O/c1-9(18-2)3-5-11(17-16)7-10-4-6-12(14)13(15)8-10/h4,6,8-9,11,17H,3,5,7,16H2,1-2H3. The fourth-order valence-corrected chi connectivity index (χ4v) is 1.87. The lowest BCUT2D eigenvalue weighted by Gasteiger charge is -2.18. The molecule has 0 saturated heterocycles. The maximum Gasteiger partial charge on any atom is 0.142 e. The van der Waals surface area contributed by atoms with Gasteiger partial charge in [0.2, 0.25) is 0 Å². The first kappa shape index (κ1) is 15.4. The molecule has 0 aliphatic rings. The summed E-state index contributed by atoms with van der Waals surface area (Å²) < 4.78 is 18.5. The molecule has 3 nitrogen and oxygen atoms in total. The lowest BCUT2D eigenvalue weighted by molar-refractivity contribution is 0.106. The van der Waals surface area contributed by atoms with Crippen molar-refractivity contribution in [3.63, 3.8) is 0 Å². The van der Waals surface area contributed by atoms with Crippen LogP contribution in [0.5, 0.6) is 0 Å². The Balaban J connectivity index is 2.54. The lowest BCUT2D eigenvalue weighted by Crippen LogP contribution is -2.37. The van der Waals surface area contributed by atoms with Crippen molar-refractivity contribution in [1.82, 2.24) is 5.43 Å². The second-order valence-corrected chi connectivity index (χ2v) is 4.85. The van der Waals surface area contributed by atoms with Gasteiger partial charge < -0.3 is 4.74 Å². The van der Waals surface area contributed by atoms with E-state index in [1.807, 2.05) is 13.0 Å². The molecule has 0 heterocycles. The molecule has 0 aliphatic carbocycles. The van der Waals surface area contributed by atoms with Crippen molar-refractivity contribution < 1.29 is 9.13 Å². The van der Waals surface area contributed by atoms with Crippen molar-refractivity contribution in [2.75, 3.05) is 7.11 Å². The molecule has 3 N–H and O–H groups in total. The number of nitrogens with one attached hydrogen (secondary N) is 1. The summed E-state index contributed by atoms with van der Waals surface area (Å²) in [6, 6.07) is 4.93. The summed E-state index contributed by atoms with van der Waals surface area (Å²) in [5.74, 6) is 5.11. The van der Waals surface area contributed by atoms with Crippen molar-refractivity contribution in [3.8, 4) is 0 Å². The maximum atomic E-state index is 13.3. The van der Waals surface area contributed by atoms with Gasteiger partial charge in [-0.2, -0.15) is 0 Å². The summed E-state index contributed by atoms with van der Waals surface area (Å²) >= 11 is 5.64. The highest BCUT2D eigenvalue weighted by atomic mass is 35.5. The summed E-state index contributed by atoms with van der Waals surface area (Å²) in [5, 5.41) is 0.143. The molecule has 0 saturated carbocycles. The van der Waals surface area contributed by atoms with E-state index in [1.54, 1.807) is 13.2 Å². The lowest BCUT2D eigenvalue weighted by atomic mass is 10.0. The Kier molecular flexibility index (Phi) is 6.57. The van der Waals surface area contributed by atoms with E-state index in [9.17, 15) is 4.39 Å². The Morgan fingerprint density at radius 3 is 2.72 bits per heavy atom. The van der Waals surface area contributed by atoms with Gasteiger partial charge in [-0.05, 0) is 43.9 Å². The Bertz CT molecular complexity index is 376. The van der Waals surface area contributed by atoms with Gasteiger partial charge in [0.05, 0.1) is 11.1 Å². The average molecular weight is 275 g/mol. The highest BCUT2D eigenvalue weighted by molar-refractivity contribution is 6.30. The molecule has 1 rings (SSSR count). The third-order valence-corrected chi connectivity index (χ3v) is 3.33. The largest absolute Gasteiger partial charge is 0.382 e. The first-order valence-corrected chi connectivity index (χ1v) is 6.37. The van der Waals surface area contributed by atoms with Crippen molar-refractivity contribution in [2.45, 2.75) is 38.3 Å². The predicted octanol–water partition coefficient (Wildman–Crippen LogP) is 2.67. The van der Waals surface area contributed by atoms with E-state index < -0.39 is 5.82 Å². The van der Waals surface area contributed by atoms with Crippen LogP contribution in [-0.4, -0.2) is 19.3 Å². The molecule has 0 bridgehead atoms. The number of halogens is 2. The van der Waals surface area contributed by atoms with Crippen LogP contribution in [0.2, 0.25) is 5.02 Å². The first-order chi connectivity index (χ1) is 8.56. The van der Waals surface area contributed by atoms with E-state index in [2.05, 4.69) is 5.43 Å². The van der Waals surface area contributed by atoms with Crippen LogP contribution in [0, 0.1) is 5.82 Å². The summed E-state index contributed by atoms with van der Waals surface area (Å²) in [5.41, 5.74) is 3.63. The molecular weight excluding hydrogens is 255 g/mol. The second kappa shape index (κ2) is 7.69. The molecule has 102 valence electrons. The second-order valence-electron chi connectivity index (χ2n) is 4.44. The van der Waals surface area contributed by atoms with Crippen LogP contribution in [0.25, 0.3) is 0 Å². The van der Waals surface area contributed by atoms with Gasteiger partial charge >= 0.3 is 0 Å². The molecule has 2 atom stereocenters. The number of hydrogen-bond donors (Lipinski definition) is 2. The SMILES string of the molecule is COC(C)CCC(Cc1ccc(Cl)c(F)c1)NN. The van der Waals surface area contributed by atoms with Gasteiger partial charge in [-0.25, -0.2) is 4.39 Å². The van der Waals surface area contributed by atoms with E-state index in [0.29, 0.717) is 6.42 Å². The van der Waals surface area contributed by atoms with Gasteiger partial charge in [-0.15, -0.1) is 0 Å². The smallest absolute Gasteiger partial charge is 0.142 e. The highest BCUT2D eigenvalue weighted by Crippen LogP contribution is 2.17. The Labute approximate surface area is 112 Å². The Hall–Kier alpha value is -0.680. The van der Waals surface area contributed by atoms with Crippen LogP contribution >= 0.6 is 11.6 Å². The fourth-order valence-electron chi connectivity index (χ4n) is 1.75. The minimum atomic E-state index is -0.393. The molecule has 0 aliphatic heterocycles. The molecule has 0 aromatic heterocycles. The van der Waals surface area contributed by atoms with Gasteiger partial charge in [-0.1, -0.05) is 17.7 Å². The minimum Gasteiger partial charge on any atom is -0.382 e.